The molecule has 1 amide bonds. The lowest BCUT2D eigenvalue weighted by atomic mass is 10.0. The summed E-state index contributed by atoms with van der Waals surface area (Å²) in [5, 5.41) is 20.2. The van der Waals surface area contributed by atoms with Gasteiger partial charge in [-0.3, -0.25) is 9.89 Å². The van der Waals surface area contributed by atoms with Crippen LogP contribution in [0.1, 0.15) is 48.1 Å². The van der Waals surface area contributed by atoms with E-state index in [9.17, 15) is 18.7 Å². The van der Waals surface area contributed by atoms with Crippen LogP contribution in [0.3, 0.4) is 0 Å². The number of imidazole rings is 1. The quantitative estimate of drug-likeness (QED) is 0.334. The number of halogens is 3. The van der Waals surface area contributed by atoms with Crippen molar-refractivity contribution in [2.45, 2.75) is 37.5 Å². The normalized spacial score (nSPS) is 18.0. The van der Waals surface area contributed by atoms with Crippen molar-refractivity contribution in [3.63, 3.8) is 0 Å². The zero-order valence-electron chi connectivity index (χ0n) is 17.9. The Balaban J connectivity index is 1.52. The number of aromatic nitrogens is 4. The van der Waals surface area contributed by atoms with Gasteiger partial charge in [0.1, 0.15) is 17.7 Å². The van der Waals surface area contributed by atoms with Gasteiger partial charge in [-0.2, -0.15) is 5.10 Å². The number of carbonyl (C=O) groups excluding carboxylic acids is 1. The lowest BCUT2D eigenvalue weighted by Gasteiger charge is -2.26. The minimum Gasteiger partial charge on any atom is -0.420 e. The summed E-state index contributed by atoms with van der Waals surface area (Å²) in [6, 6.07) is 10.7. The molecule has 0 bridgehead atoms. The molecule has 8 nitrogen and oxygen atoms in total. The first-order chi connectivity index (χ1) is 16.2. The van der Waals surface area contributed by atoms with Gasteiger partial charge in [0.2, 0.25) is 0 Å². The van der Waals surface area contributed by atoms with E-state index in [1.807, 2.05) is 4.57 Å². The molecule has 11 heteroatoms. The highest BCUT2D eigenvalue weighted by molar-refractivity contribution is 6.20. The summed E-state index contributed by atoms with van der Waals surface area (Å²) in [7, 11) is 0. The molecule has 2 aromatic heterocycles. The number of anilines is 1. The first-order valence-electron chi connectivity index (χ1n) is 10.6. The number of carbonyl (C=O) groups is 1. The zero-order chi connectivity index (χ0) is 24.0. The maximum Gasteiger partial charge on any atom is 0.487 e. The van der Waals surface area contributed by atoms with E-state index in [2.05, 4.69) is 32.2 Å². The minimum absolute atomic E-state index is 0.130. The number of aliphatic hydroxyl groups is 1. The van der Waals surface area contributed by atoms with Gasteiger partial charge in [0.25, 0.3) is 5.91 Å². The van der Waals surface area contributed by atoms with Crippen LogP contribution in [0.2, 0.25) is 0 Å². The standard InChI is InChI=1S/C23H20ClF2N5O3/c1-12-2-7-19(32)21-29-18-11-13(10-16(20(18)31(12)21)17-8-9-27-30-17)22(33)28-14-3-5-15(6-4-14)34-23(24,25)26/h3-6,8-12,19,32H,2,7H2,1H3,(H,27,30)(H,28,33)/t12-,19+/m1/s1. The van der Waals surface area contributed by atoms with Gasteiger partial charge in [-0.15, -0.1) is 8.78 Å². The van der Waals surface area contributed by atoms with E-state index in [0.29, 0.717) is 34.7 Å². The number of H-pyrrole nitrogens is 1. The van der Waals surface area contributed by atoms with Gasteiger partial charge in [-0.1, -0.05) is 0 Å². The number of fused-ring (bicyclic) bond motifs is 3. The van der Waals surface area contributed by atoms with E-state index >= 15 is 0 Å². The third kappa shape index (κ3) is 4.22. The molecule has 3 heterocycles. The Hall–Kier alpha value is -3.50. The summed E-state index contributed by atoms with van der Waals surface area (Å²) in [6.07, 6.45) is 2.36. The van der Waals surface area contributed by atoms with Crippen LogP contribution in [0.15, 0.2) is 48.7 Å². The number of ether oxygens (including phenoxy) is 1. The predicted octanol–water partition coefficient (Wildman–Crippen LogP) is 5.23. The number of nitrogens with zero attached hydrogens (tertiary/aromatic N) is 3. The van der Waals surface area contributed by atoms with Crippen molar-refractivity contribution in [1.82, 2.24) is 19.7 Å². The van der Waals surface area contributed by atoms with Gasteiger partial charge in [0.15, 0.2) is 0 Å². The Labute approximate surface area is 197 Å². The van der Waals surface area contributed by atoms with Crippen LogP contribution in [0, 0.1) is 0 Å². The number of aliphatic hydroxyl groups excluding tert-OH is 1. The lowest BCUT2D eigenvalue weighted by Crippen LogP contribution is -2.19. The highest BCUT2D eigenvalue weighted by Crippen LogP contribution is 2.39. The second-order valence-corrected chi connectivity index (χ2v) is 8.61. The number of hydrogen-bond donors (Lipinski definition) is 3. The van der Waals surface area contributed by atoms with Crippen LogP contribution in [-0.4, -0.2) is 36.3 Å². The van der Waals surface area contributed by atoms with Crippen LogP contribution in [-0.2, 0) is 0 Å². The molecule has 3 N–H and O–H groups in total. The van der Waals surface area contributed by atoms with Gasteiger partial charge in [-0.05, 0) is 62.2 Å². The summed E-state index contributed by atoms with van der Waals surface area (Å²) < 4.78 is 31.9. The summed E-state index contributed by atoms with van der Waals surface area (Å²) in [5.74, 6) is 0.00884. The van der Waals surface area contributed by atoms with Crippen molar-refractivity contribution < 1.29 is 23.4 Å². The van der Waals surface area contributed by atoms with E-state index in [1.54, 1.807) is 24.4 Å². The highest BCUT2D eigenvalue weighted by Gasteiger charge is 2.30. The Morgan fingerprint density at radius 1 is 1.26 bits per heavy atom. The van der Waals surface area contributed by atoms with E-state index in [0.717, 1.165) is 17.5 Å². The molecule has 0 saturated heterocycles. The highest BCUT2D eigenvalue weighted by atomic mass is 35.5. The summed E-state index contributed by atoms with van der Waals surface area (Å²) in [6.45, 7) is 2.07. The summed E-state index contributed by atoms with van der Waals surface area (Å²) in [4.78, 5) is 17.7. The third-order valence-corrected chi connectivity index (χ3v) is 5.89. The molecule has 0 fully saturated rings. The molecule has 0 radical (unpaired) electrons. The van der Waals surface area contributed by atoms with Crippen LogP contribution in [0.25, 0.3) is 22.3 Å². The van der Waals surface area contributed by atoms with Gasteiger partial charge < -0.3 is 19.7 Å². The molecule has 2 atom stereocenters. The van der Waals surface area contributed by atoms with Crippen molar-refractivity contribution in [2.24, 2.45) is 0 Å². The smallest absolute Gasteiger partial charge is 0.420 e. The fourth-order valence-corrected chi connectivity index (χ4v) is 4.36. The second-order valence-electron chi connectivity index (χ2n) is 8.17. The van der Waals surface area contributed by atoms with Crippen molar-refractivity contribution in [1.29, 1.82) is 0 Å². The molecular weight excluding hydrogens is 468 g/mol. The number of rotatable bonds is 5. The topological polar surface area (TPSA) is 105 Å². The molecule has 0 aliphatic carbocycles. The maximum atomic E-state index is 13.1. The maximum absolute atomic E-state index is 13.1. The molecule has 0 spiro atoms. The Bertz CT molecular complexity index is 1350. The Morgan fingerprint density at radius 2 is 2.03 bits per heavy atom. The van der Waals surface area contributed by atoms with Crippen LogP contribution in [0.4, 0.5) is 14.5 Å². The molecule has 4 aromatic rings. The van der Waals surface area contributed by atoms with Crippen LogP contribution in [0.5, 0.6) is 5.75 Å². The fraction of sp³-hybridized carbons (Fsp3) is 0.261. The molecule has 2 aromatic carbocycles. The molecule has 0 unspecified atom stereocenters. The van der Waals surface area contributed by atoms with Crippen molar-refractivity contribution in [2.75, 3.05) is 5.32 Å². The van der Waals surface area contributed by atoms with Gasteiger partial charge in [0.05, 0.1) is 16.7 Å². The first kappa shape index (κ1) is 22.3. The number of amides is 1. The van der Waals surface area contributed by atoms with Crippen molar-refractivity contribution in [3.05, 3.63) is 60.0 Å². The minimum atomic E-state index is -3.82. The number of hydrogen-bond acceptors (Lipinski definition) is 5. The number of nitrogens with one attached hydrogen (secondary N) is 2. The fourth-order valence-electron chi connectivity index (χ4n) is 4.27. The zero-order valence-corrected chi connectivity index (χ0v) is 18.7. The number of aromatic amines is 1. The van der Waals surface area contributed by atoms with Crippen LogP contribution >= 0.6 is 11.6 Å². The Kier molecular flexibility index (Phi) is 5.49. The SMILES string of the molecule is C[C@@H]1CC[C@H](O)c2nc3cc(C(=O)Nc4ccc(OC(F)(F)Cl)cc4)cc(-c4ccn[nH]4)c3n21. The average molecular weight is 488 g/mol. The van der Waals surface area contributed by atoms with E-state index in [4.69, 9.17) is 11.6 Å². The van der Waals surface area contributed by atoms with E-state index in [-0.39, 0.29) is 11.8 Å². The molecular formula is C23H20ClF2N5O3. The molecule has 1 aliphatic rings. The van der Waals surface area contributed by atoms with Crippen LogP contribution < -0.4 is 10.1 Å². The number of benzene rings is 2. The molecule has 176 valence electrons. The number of alkyl halides is 3. The first-order valence-corrected chi connectivity index (χ1v) is 11.0. The van der Waals surface area contributed by atoms with E-state index in [1.165, 1.54) is 24.3 Å². The van der Waals surface area contributed by atoms with Gasteiger partial charge in [-0.25, -0.2) is 4.98 Å². The van der Waals surface area contributed by atoms with Crippen molar-refractivity contribution >= 4 is 34.2 Å². The third-order valence-electron chi connectivity index (χ3n) is 5.81. The molecule has 34 heavy (non-hydrogen) atoms. The van der Waals surface area contributed by atoms with E-state index < -0.39 is 17.6 Å². The average Bonchev–Trinajstić information content (AvgIpc) is 3.45. The second kappa shape index (κ2) is 8.37. The Morgan fingerprint density at radius 3 is 2.71 bits per heavy atom. The molecule has 0 saturated carbocycles. The van der Waals surface area contributed by atoms with Gasteiger partial charge >= 0.3 is 5.57 Å². The largest absolute Gasteiger partial charge is 0.487 e. The summed E-state index contributed by atoms with van der Waals surface area (Å²) in [5.41, 5.74) is -0.281. The molecule has 5 rings (SSSR count). The van der Waals surface area contributed by atoms with Gasteiger partial charge in [0, 0.05) is 40.7 Å². The van der Waals surface area contributed by atoms with Crippen molar-refractivity contribution in [3.8, 4) is 17.0 Å². The lowest BCUT2D eigenvalue weighted by molar-refractivity contribution is -0.0964. The molecule has 1 aliphatic heterocycles. The predicted molar refractivity (Wildman–Crippen MR) is 122 cm³/mol. The summed E-state index contributed by atoms with van der Waals surface area (Å²) >= 11 is 4.78. The monoisotopic (exact) mass is 487 g/mol.